The van der Waals surface area contributed by atoms with Gasteiger partial charge in [-0.05, 0) is 36.8 Å². The number of hydrogen-bond donors (Lipinski definition) is 1. The highest BCUT2D eigenvalue weighted by molar-refractivity contribution is 5.67. The molecule has 0 saturated heterocycles. The maximum atomic E-state index is 12.6. The van der Waals surface area contributed by atoms with E-state index in [0.29, 0.717) is 11.3 Å². The summed E-state index contributed by atoms with van der Waals surface area (Å²) in [6.07, 6.45) is -1.72. The minimum Gasteiger partial charge on any atom is -0.505 e. The van der Waals surface area contributed by atoms with Crippen LogP contribution in [0.25, 0.3) is 16.9 Å². The maximum Gasteiger partial charge on any atom is 0.416 e. The van der Waals surface area contributed by atoms with Crippen LogP contribution >= 0.6 is 0 Å². The molecule has 0 spiro atoms. The minimum absolute atomic E-state index is 0.0133. The Morgan fingerprint density at radius 3 is 2.40 bits per heavy atom. The van der Waals surface area contributed by atoms with Crippen LogP contribution in [0.5, 0.6) is 5.75 Å². The van der Waals surface area contributed by atoms with E-state index in [1.807, 2.05) is 0 Å². The van der Waals surface area contributed by atoms with Gasteiger partial charge < -0.3 is 5.11 Å². The fourth-order valence-electron chi connectivity index (χ4n) is 2.39. The molecule has 0 aliphatic carbocycles. The van der Waals surface area contributed by atoms with E-state index in [4.69, 9.17) is 0 Å². The number of hydrogen-bond acceptors (Lipinski definition) is 4. The van der Waals surface area contributed by atoms with E-state index in [1.165, 1.54) is 23.9 Å². The van der Waals surface area contributed by atoms with Gasteiger partial charge in [-0.25, -0.2) is 9.36 Å². The second-order valence-corrected chi connectivity index (χ2v) is 5.48. The number of aromatic nitrogens is 4. The van der Waals surface area contributed by atoms with Crippen molar-refractivity contribution in [3.8, 4) is 22.7 Å². The van der Waals surface area contributed by atoms with Crippen molar-refractivity contribution in [1.29, 1.82) is 0 Å². The Bertz CT molecular complexity index is 988. The summed E-state index contributed by atoms with van der Waals surface area (Å²) in [6.45, 7) is 1.68. The second-order valence-electron chi connectivity index (χ2n) is 5.48. The number of alkyl halides is 3. The van der Waals surface area contributed by atoms with Gasteiger partial charge in [0.05, 0.1) is 17.4 Å². The zero-order valence-corrected chi connectivity index (χ0v) is 13.2. The van der Waals surface area contributed by atoms with Crippen molar-refractivity contribution in [3.05, 3.63) is 58.1 Å². The normalized spacial score (nSPS) is 11.7. The largest absolute Gasteiger partial charge is 0.505 e. The monoisotopic (exact) mass is 350 g/mol. The van der Waals surface area contributed by atoms with E-state index in [9.17, 15) is 23.1 Å². The molecule has 130 valence electrons. The Labute approximate surface area is 139 Å². The van der Waals surface area contributed by atoms with E-state index >= 15 is 0 Å². The first kappa shape index (κ1) is 16.7. The third-order valence-corrected chi connectivity index (χ3v) is 3.71. The number of rotatable bonds is 2. The molecule has 25 heavy (non-hydrogen) atoms. The highest BCUT2D eigenvalue weighted by Gasteiger charge is 2.30. The quantitative estimate of drug-likeness (QED) is 0.771. The van der Waals surface area contributed by atoms with E-state index in [0.717, 1.165) is 23.0 Å². The summed E-state index contributed by atoms with van der Waals surface area (Å²) < 4.78 is 40.3. The zero-order valence-electron chi connectivity index (χ0n) is 13.2. The topological polar surface area (TPSA) is 72.9 Å². The standard InChI is InChI=1S/C16H13F3N4O2/c1-9-8-23(11-5-3-10(4-6-11)16(17,18)19)21-14(9)13-12(24)7-20-22(2)15(13)25/h3-8,24H,1-2H3. The molecule has 0 amide bonds. The average Bonchev–Trinajstić information content (AvgIpc) is 2.93. The lowest BCUT2D eigenvalue weighted by Gasteiger charge is -2.07. The molecule has 0 aliphatic rings. The highest BCUT2D eigenvalue weighted by atomic mass is 19.4. The number of aryl methyl sites for hydroxylation is 2. The van der Waals surface area contributed by atoms with Gasteiger partial charge in [0.15, 0.2) is 5.75 Å². The van der Waals surface area contributed by atoms with Gasteiger partial charge in [0, 0.05) is 13.2 Å². The molecule has 0 atom stereocenters. The van der Waals surface area contributed by atoms with Crippen LogP contribution in [0.15, 0.2) is 41.5 Å². The van der Waals surface area contributed by atoms with E-state index in [1.54, 1.807) is 13.1 Å². The molecule has 0 fully saturated rings. The Balaban J connectivity index is 2.08. The molecule has 0 saturated carbocycles. The molecule has 3 aromatic rings. The molecular weight excluding hydrogens is 337 g/mol. The van der Waals surface area contributed by atoms with Gasteiger partial charge >= 0.3 is 6.18 Å². The fraction of sp³-hybridized carbons (Fsp3) is 0.188. The molecule has 0 radical (unpaired) electrons. The lowest BCUT2D eigenvalue weighted by atomic mass is 10.1. The van der Waals surface area contributed by atoms with Gasteiger partial charge in [0.2, 0.25) is 0 Å². The SMILES string of the molecule is Cc1cn(-c2ccc(C(F)(F)F)cc2)nc1-c1c(O)cnn(C)c1=O. The van der Waals surface area contributed by atoms with Crippen molar-refractivity contribution >= 4 is 0 Å². The number of halogens is 3. The molecule has 9 heteroatoms. The molecule has 2 heterocycles. The van der Waals surface area contributed by atoms with Gasteiger partial charge in [-0.2, -0.15) is 23.4 Å². The van der Waals surface area contributed by atoms with Crippen molar-refractivity contribution in [2.24, 2.45) is 7.05 Å². The van der Waals surface area contributed by atoms with Crippen LogP contribution in [0, 0.1) is 6.92 Å². The molecule has 3 rings (SSSR count). The lowest BCUT2D eigenvalue weighted by molar-refractivity contribution is -0.137. The Morgan fingerprint density at radius 2 is 1.80 bits per heavy atom. The summed E-state index contributed by atoms with van der Waals surface area (Å²) in [5, 5.41) is 17.9. The van der Waals surface area contributed by atoms with E-state index < -0.39 is 17.3 Å². The molecule has 0 unspecified atom stereocenters. The molecule has 2 aromatic heterocycles. The van der Waals surface area contributed by atoms with Crippen molar-refractivity contribution in [3.63, 3.8) is 0 Å². The fourth-order valence-corrected chi connectivity index (χ4v) is 2.39. The predicted octanol–water partition coefficient (Wildman–Crippen LogP) is 2.67. The second kappa shape index (κ2) is 5.76. The van der Waals surface area contributed by atoms with E-state index in [2.05, 4.69) is 10.2 Å². The number of nitrogens with zero attached hydrogens (tertiary/aromatic N) is 4. The van der Waals surface area contributed by atoms with Crippen LogP contribution in [-0.4, -0.2) is 24.7 Å². The van der Waals surface area contributed by atoms with Crippen LogP contribution in [0.2, 0.25) is 0 Å². The number of aromatic hydroxyl groups is 1. The third-order valence-electron chi connectivity index (χ3n) is 3.71. The van der Waals surface area contributed by atoms with Gasteiger partial charge in [0.1, 0.15) is 11.3 Å². The molecule has 0 aliphatic heterocycles. The highest BCUT2D eigenvalue weighted by Crippen LogP contribution is 2.30. The minimum atomic E-state index is -4.42. The van der Waals surface area contributed by atoms with Gasteiger partial charge in [-0.1, -0.05) is 0 Å². The summed E-state index contributed by atoms with van der Waals surface area (Å²) in [5.41, 5.74) is -0.0888. The summed E-state index contributed by atoms with van der Waals surface area (Å²) in [7, 11) is 1.44. The first-order valence-corrected chi connectivity index (χ1v) is 7.18. The third kappa shape index (κ3) is 3.00. The summed E-state index contributed by atoms with van der Waals surface area (Å²) >= 11 is 0. The molecule has 1 aromatic carbocycles. The Morgan fingerprint density at radius 1 is 1.16 bits per heavy atom. The van der Waals surface area contributed by atoms with Gasteiger partial charge in [0.25, 0.3) is 5.56 Å². The summed E-state index contributed by atoms with van der Waals surface area (Å²) in [4.78, 5) is 12.2. The Hall–Kier alpha value is -3.10. The molecule has 0 bridgehead atoms. The smallest absolute Gasteiger partial charge is 0.416 e. The van der Waals surface area contributed by atoms with Crippen LogP contribution < -0.4 is 5.56 Å². The zero-order chi connectivity index (χ0) is 18.4. The number of benzene rings is 1. The first-order valence-electron chi connectivity index (χ1n) is 7.18. The van der Waals surface area contributed by atoms with Crippen LogP contribution in [0.1, 0.15) is 11.1 Å². The van der Waals surface area contributed by atoms with Gasteiger partial charge in [-0.3, -0.25) is 4.79 Å². The molecule has 1 N–H and O–H groups in total. The molecular formula is C16H13F3N4O2. The summed E-state index contributed by atoms with van der Waals surface area (Å²) in [6, 6.07) is 4.47. The van der Waals surface area contributed by atoms with Gasteiger partial charge in [-0.15, -0.1) is 0 Å². The predicted molar refractivity (Wildman–Crippen MR) is 83.4 cm³/mol. The van der Waals surface area contributed by atoms with Crippen LogP contribution in [0.4, 0.5) is 13.2 Å². The van der Waals surface area contributed by atoms with Crippen LogP contribution in [-0.2, 0) is 13.2 Å². The Kier molecular flexibility index (Phi) is 3.86. The van der Waals surface area contributed by atoms with E-state index in [-0.39, 0.29) is 17.0 Å². The molecule has 6 nitrogen and oxygen atoms in total. The van der Waals surface area contributed by atoms with Crippen LogP contribution in [0.3, 0.4) is 0 Å². The average molecular weight is 350 g/mol. The van der Waals surface area contributed by atoms with Crippen molar-refractivity contribution < 1.29 is 18.3 Å². The van der Waals surface area contributed by atoms with Crippen molar-refractivity contribution in [2.75, 3.05) is 0 Å². The maximum absolute atomic E-state index is 12.6. The lowest BCUT2D eigenvalue weighted by Crippen LogP contribution is -2.21. The van der Waals surface area contributed by atoms with Crippen molar-refractivity contribution in [2.45, 2.75) is 13.1 Å². The van der Waals surface area contributed by atoms with Crippen molar-refractivity contribution in [1.82, 2.24) is 19.6 Å². The summed E-state index contributed by atoms with van der Waals surface area (Å²) in [5.74, 6) is -0.316. The first-order chi connectivity index (χ1) is 11.7.